The van der Waals surface area contributed by atoms with Gasteiger partial charge in [-0.2, -0.15) is 0 Å². The number of carbonyl (C=O) groups excluding carboxylic acids is 2. The van der Waals surface area contributed by atoms with Crippen molar-refractivity contribution in [3.8, 4) is 11.5 Å². The lowest BCUT2D eigenvalue weighted by Crippen LogP contribution is -2.27. The first-order valence-corrected chi connectivity index (χ1v) is 7.26. The molecule has 1 aromatic carbocycles. The van der Waals surface area contributed by atoms with Gasteiger partial charge in [0, 0.05) is 6.54 Å². The molecule has 0 radical (unpaired) electrons. The van der Waals surface area contributed by atoms with Crippen LogP contribution in [0.2, 0.25) is 0 Å². The second kappa shape index (κ2) is 5.65. The average Bonchev–Trinajstić information content (AvgIpc) is 2.75. The third-order valence-electron chi connectivity index (χ3n) is 3.05. The lowest BCUT2D eigenvalue weighted by atomic mass is 10.1. The molecule has 1 saturated heterocycles. The Hall–Kier alpha value is -2.21. The summed E-state index contributed by atoms with van der Waals surface area (Å²) in [7, 11) is 0. The number of carbonyl (C=O) groups is 2. The quantitative estimate of drug-likeness (QED) is 0.635. The van der Waals surface area contributed by atoms with Crippen molar-refractivity contribution in [3.63, 3.8) is 0 Å². The van der Waals surface area contributed by atoms with Gasteiger partial charge in [-0.25, -0.2) is 0 Å². The maximum atomic E-state index is 12.1. The van der Waals surface area contributed by atoms with Crippen molar-refractivity contribution in [1.29, 1.82) is 0 Å². The minimum Gasteiger partial charge on any atom is -0.486 e. The molecule has 1 fully saturated rings. The van der Waals surface area contributed by atoms with E-state index in [1.54, 1.807) is 18.2 Å². The highest BCUT2D eigenvalue weighted by atomic mass is 32.2. The van der Waals surface area contributed by atoms with E-state index in [-0.39, 0.29) is 17.7 Å². The number of benzene rings is 1. The van der Waals surface area contributed by atoms with Crippen molar-refractivity contribution in [2.24, 2.45) is 0 Å². The van der Waals surface area contributed by atoms with Crippen LogP contribution in [-0.2, 0) is 4.79 Å². The van der Waals surface area contributed by atoms with Gasteiger partial charge in [0.2, 0.25) is 0 Å². The number of ether oxygens (including phenoxy) is 2. The lowest BCUT2D eigenvalue weighted by molar-refractivity contribution is -0.122. The number of imide groups is 1. The minimum absolute atomic E-state index is 0.225. The van der Waals surface area contributed by atoms with Gasteiger partial charge >= 0.3 is 0 Å². The zero-order chi connectivity index (χ0) is 14.8. The van der Waals surface area contributed by atoms with E-state index in [0.29, 0.717) is 29.6 Å². The number of rotatable bonds is 3. The molecule has 5 nitrogen and oxygen atoms in total. The van der Waals surface area contributed by atoms with E-state index in [0.717, 1.165) is 17.3 Å². The molecule has 0 saturated carbocycles. The topological polar surface area (TPSA) is 55.8 Å². The predicted octanol–water partition coefficient (Wildman–Crippen LogP) is 2.68. The minimum atomic E-state index is -0.292. The van der Waals surface area contributed by atoms with Crippen molar-refractivity contribution in [1.82, 2.24) is 4.90 Å². The van der Waals surface area contributed by atoms with Gasteiger partial charge in [0.15, 0.2) is 11.5 Å². The fourth-order valence-corrected chi connectivity index (χ4v) is 2.94. The van der Waals surface area contributed by atoms with Crippen molar-refractivity contribution in [2.45, 2.75) is 0 Å². The van der Waals surface area contributed by atoms with E-state index in [9.17, 15) is 9.59 Å². The van der Waals surface area contributed by atoms with Crippen LogP contribution in [-0.4, -0.2) is 35.8 Å². The van der Waals surface area contributed by atoms with Gasteiger partial charge in [-0.15, -0.1) is 6.58 Å². The highest BCUT2D eigenvalue weighted by molar-refractivity contribution is 8.18. The molecular formula is C15H13NO4S. The highest BCUT2D eigenvalue weighted by Gasteiger charge is 2.34. The summed E-state index contributed by atoms with van der Waals surface area (Å²) in [6.07, 6.45) is 3.22. The normalized spacial score (nSPS) is 19.2. The molecule has 2 heterocycles. The first kappa shape index (κ1) is 13.8. The molecular weight excluding hydrogens is 290 g/mol. The molecule has 2 amide bonds. The lowest BCUT2D eigenvalue weighted by Gasteiger charge is -2.18. The first-order valence-electron chi connectivity index (χ1n) is 6.45. The van der Waals surface area contributed by atoms with Gasteiger partial charge in [-0.3, -0.25) is 14.5 Å². The van der Waals surface area contributed by atoms with E-state index in [2.05, 4.69) is 6.58 Å². The molecule has 108 valence electrons. The molecule has 21 heavy (non-hydrogen) atoms. The fourth-order valence-electron chi connectivity index (χ4n) is 2.09. The van der Waals surface area contributed by atoms with Crippen LogP contribution in [0, 0.1) is 0 Å². The van der Waals surface area contributed by atoms with Gasteiger partial charge < -0.3 is 9.47 Å². The van der Waals surface area contributed by atoms with E-state index < -0.39 is 0 Å². The number of amides is 2. The number of hydrogen-bond donors (Lipinski definition) is 0. The summed E-state index contributed by atoms with van der Waals surface area (Å²) < 4.78 is 10.9. The molecule has 2 aliphatic rings. The molecule has 3 rings (SSSR count). The van der Waals surface area contributed by atoms with Crippen LogP contribution in [0.3, 0.4) is 0 Å². The molecule has 0 N–H and O–H groups in total. The van der Waals surface area contributed by atoms with Gasteiger partial charge in [0.05, 0.1) is 4.91 Å². The summed E-state index contributed by atoms with van der Waals surface area (Å²) in [4.78, 5) is 25.4. The van der Waals surface area contributed by atoms with Crippen molar-refractivity contribution in [2.75, 3.05) is 19.8 Å². The Morgan fingerprint density at radius 1 is 1.24 bits per heavy atom. The summed E-state index contributed by atoms with van der Waals surface area (Å²) >= 11 is 0.933. The maximum Gasteiger partial charge on any atom is 0.293 e. The molecule has 6 heteroatoms. The van der Waals surface area contributed by atoms with Gasteiger partial charge in [-0.1, -0.05) is 12.1 Å². The third kappa shape index (κ3) is 2.67. The van der Waals surface area contributed by atoms with Crippen molar-refractivity contribution in [3.05, 3.63) is 41.3 Å². The van der Waals surface area contributed by atoms with Gasteiger partial charge in [-0.05, 0) is 35.5 Å². The Kier molecular flexibility index (Phi) is 3.70. The second-order valence-corrected chi connectivity index (χ2v) is 5.48. The average molecular weight is 303 g/mol. The zero-order valence-corrected chi connectivity index (χ0v) is 12.0. The molecule has 2 aliphatic heterocycles. The van der Waals surface area contributed by atoms with E-state index >= 15 is 0 Å². The molecule has 0 unspecified atom stereocenters. The summed E-state index contributed by atoms with van der Waals surface area (Å²) in [5.41, 5.74) is 0.795. The predicted molar refractivity (Wildman–Crippen MR) is 80.3 cm³/mol. The van der Waals surface area contributed by atoms with E-state index in [1.165, 1.54) is 11.0 Å². The van der Waals surface area contributed by atoms with E-state index in [1.807, 2.05) is 6.07 Å². The Balaban J connectivity index is 1.87. The molecule has 0 spiro atoms. The summed E-state index contributed by atoms with van der Waals surface area (Å²) in [6, 6.07) is 5.43. The van der Waals surface area contributed by atoms with Crippen LogP contribution >= 0.6 is 11.8 Å². The zero-order valence-electron chi connectivity index (χ0n) is 11.2. The molecule has 1 aromatic rings. The number of fused-ring (bicyclic) bond motifs is 1. The van der Waals surface area contributed by atoms with Gasteiger partial charge in [0.1, 0.15) is 13.2 Å². The first-order chi connectivity index (χ1) is 10.2. The van der Waals surface area contributed by atoms with Crippen LogP contribution in [0.25, 0.3) is 6.08 Å². The third-order valence-corrected chi connectivity index (χ3v) is 3.96. The van der Waals surface area contributed by atoms with Gasteiger partial charge in [0.25, 0.3) is 11.1 Å². The smallest absolute Gasteiger partial charge is 0.293 e. The van der Waals surface area contributed by atoms with Crippen LogP contribution in [0.4, 0.5) is 4.79 Å². The molecule has 0 aliphatic carbocycles. The summed E-state index contributed by atoms with van der Waals surface area (Å²) in [5, 5.41) is -0.274. The Morgan fingerprint density at radius 2 is 2.00 bits per heavy atom. The molecule has 0 atom stereocenters. The fraction of sp³-hybridized carbons (Fsp3) is 0.200. The van der Waals surface area contributed by atoms with Crippen molar-refractivity contribution >= 4 is 29.0 Å². The number of hydrogen-bond acceptors (Lipinski definition) is 5. The Morgan fingerprint density at radius 3 is 2.76 bits per heavy atom. The summed E-state index contributed by atoms with van der Waals surface area (Å²) in [5.74, 6) is 1.05. The monoisotopic (exact) mass is 303 g/mol. The largest absolute Gasteiger partial charge is 0.486 e. The Bertz CT molecular complexity index is 653. The van der Waals surface area contributed by atoms with Crippen LogP contribution in [0.5, 0.6) is 11.5 Å². The van der Waals surface area contributed by atoms with Crippen LogP contribution in [0.15, 0.2) is 35.8 Å². The maximum absolute atomic E-state index is 12.1. The Labute approximate surface area is 126 Å². The molecule has 0 aromatic heterocycles. The SMILES string of the molecule is C=CCN1C(=O)S/C(=C/c2ccc3c(c2)OCCO3)C1=O. The molecule has 0 bridgehead atoms. The van der Waals surface area contributed by atoms with Crippen molar-refractivity contribution < 1.29 is 19.1 Å². The van der Waals surface area contributed by atoms with Crippen LogP contribution < -0.4 is 9.47 Å². The number of nitrogens with zero attached hydrogens (tertiary/aromatic N) is 1. The summed E-state index contributed by atoms with van der Waals surface area (Å²) in [6.45, 7) is 4.81. The second-order valence-electron chi connectivity index (χ2n) is 4.48. The van der Waals surface area contributed by atoms with Crippen LogP contribution in [0.1, 0.15) is 5.56 Å². The highest BCUT2D eigenvalue weighted by Crippen LogP contribution is 2.35. The van der Waals surface area contributed by atoms with E-state index in [4.69, 9.17) is 9.47 Å². The standard InChI is InChI=1S/C15H13NO4S/c1-2-5-16-14(17)13(21-15(16)18)9-10-3-4-11-12(8-10)20-7-6-19-11/h2-4,8-9H,1,5-7H2/b13-9+. The number of thioether (sulfide) groups is 1.